The smallest absolute Gasteiger partial charge is 0.222 e. The number of amides is 1. The van der Waals surface area contributed by atoms with Crippen LogP contribution >= 0.6 is 0 Å². The zero-order valence-electron chi connectivity index (χ0n) is 16.5. The molecule has 0 saturated carbocycles. The van der Waals surface area contributed by atoms with Gasteiger partial charge in [-0.05, 0) is 24.8 Å². The molecule has 2 aliphatic rings. The monoisotopic (exact) mass is 372 g/mol. The number of guanidine groups is 1. The van der Waals surface area contributed by atoms with Gasteiger partial charge in [0.15, 0.2) is 5.96 Å². The molecule has 2 fully saturated rings. The van der Waals surface area contributed by atoms with Gasteiger partial charge in [0.2, 0.25) is 5.91 Å². The molecule has 0 aliphatic carbocycles. The summed E-state index contributed by atoms with van der Waals surface area (Å²) < 4.78 is 6.08. The summed E-state index contributed by atoms with van der Waals surface area (Å²) in [5.74, 6) is 1.46. The summed E-state index contributed by atoms with van der Waals surface area (Å²) in [7, 11) is 1.80. The summed E-state index contributed by atoms with van der Waals surface area (Å²) in [5.41, 5.74) is 1.25. The van der Waals surface area contributed by atoms with Crippen LogP contribution in [0.4, 0.5) is 0 Å². The van der Waals surface area contributed by atoms with Crippen LogP contribution in [0.1, 0.15) is 44.3 Å². The van der Waals surface area contributed by atoms with Gasteiger partial charge in [-0.1, -0.05) is 37.3 Å². The van der Waals surface area contributed by atoms with E-state index in [2.05, 4.69) is 39.9 Å². The van der Waals surface area contributed by atoms with E-state index in [1.165, 1.54) is 5.56 Å². The molecule has 0 aromatic heterocycles. The number of carbonyl (C=O) groups is 1. The number of ether oxygens (including phenoxy) is 1. The SMILES string of the molecule is CCC(=O)N1CCC(NC(=NC)NCC2CCCOC2c2ccccc2)C1. The minimum atomic E-state index is 0.134. The number of benzene rings is 1. The van der Waals surface area contributed by atoms with Crippen molar-refractivity contribution in [2.45, 2.75) is 44.8 Å². The predicted octanol–water partition coefficient (Wildman–Crippen LogP) is 2.33. The number of aliphatic imine (C=N–C) groups is 1. The van der Waals surface area contributed by atoms with E-state index >= 15 is 0 Å². The number of hydrogen-bond donors (Lipinski definition) is 2. The highest BCUT2D eigenvalue weighted by atomic mass is 16.5. The second-order valence-corrected chi connectivity index (χ2v) is 7.38. The summed E-state index contributed by atoms with van der Waals surface area (Å²) in [5, 5.41) is 6.95. The van der Waals surface area contributed by atoms with Gasteiger partial charge < -0.3 is 20.3 Å². The largest absolute Gasteiger partial charge is 0.373 e. The van der Waals surface area contributed by atoms with Gasteiger partial charge in [0.25, 0.3) is 0 Å². The van der Waals surface area contributed by atoms with Crippen LogP contribution in [0.2, 0.25) is 0 Å². The maximum Gasteiger partial charge on any atom is 0.222 e. The third-order valence-electron chi connectivity index (χ3n) is 5.51. The predicted molar refractivity (Wildman–Crippen MR) is 108 cm³/mol. The molecule has 6 nitrogen and oxygen atoms in total. The van der Waals surface area contributed by atoms with Crippen molar-refractivity contribution >= 4 is 11.9 Å². The van der Waals surface area contributed by atoms with E-state index in [4.69, 9.17) is 4.74 Å². The first-order valence-corrected chi connectivity index (χ1v) is 10.1. The lowest BCUT2D eigenvalue weighted by Crippen LogP contribution is -2.47. The summed E-state index contributed by atoms with van der Waals surface area (Å²) in [6.07, 6.45) is 3.91. The quantitative estimate of drug-likeness (QED) is 0.615. The number of hydrogen-bond acceptors (Lipinski definition) is 3. The summed E-state index contributed by atoms with van der Waals surface area (Å²) >= 11 is 0. The van der Waals surface area contributed by atoms with Crippen LogP contribution in [-0.4, -0.2) is 56.1 Å². The molecule has 27 heavy (non-hydrogen) atoms. The minimum absolute atomic E-state index is 0.134. The average molecular weight is 373 g/mol. The summed E-state index contributed by atoms with van der Waals surface area (Å²) in [6.45, 7) is 5.15. The fraction of sp³-hybridized carbons (Fsp3) is 0.619. The second kappa shape index (κ2) is 9.74. The van der Waals surface area contributed by atoms with Crippen LogP contribution in [0.5, 0.6) is 0 Å². The van der Waals surface area contributed by atoms with Gasteiger partial charge >= 0.3 is 0 Å². The van der Waals surface area contributed by atoms with E-state index in [0.717, 1.165) is 51.5 Å². The van der Waals surface area contributed by atoms with Gasteiger partial charge in [-0.2, -0.15) is 0 Å². The van der Waals surface area contributed by atoms with E-state index in [1.807, 2.05) is 17.9 Å². The van der Waals surface area contributed by atoms with Gasteiger partial charge in [0.1, 0.15) is 0 Å². The highest BCUT2D eigenvalue weighted by Gasteiger charge is 2.29. The molecule has 3 unspecified atom stereocenters. The molecule has 3 atom stereocenters. The summed E-state index contributed by atoms with van der Waals surface area (Å²) in [6, 6.07) is 10.7. The maximum absolute atomic E-state index is 11.9. The van der Waals surface area contributed by atoms with Gasteiger partial charge in [0, 0.05) is 51.7 Å². The molecule has 1 aromatic carbocycles. The molecule has 0 spiro atoms. The zero-order chi connectivity index (χ0) is 19.1. The van der Waals surface area contributed by atoms with E-state index in [0.29, 0.717) is 12.3 Å². The molecule has 2 heterocycles. The standard InChI is InChI=1S/C21H32N4O2/c1-3-19(26)25-12-11-18(15-25)24-21(22-2)23-14-17-10-7-13-27-20(17)16-8-5-4-6-9-16/h4-6,8-9,17-18,20H,3,7,10-15H2,1-2H3,(H2,22,23,24). The van der Waals surface area contributed by atoms with Crippen LogP contribution in [0.25, 0.3) is 0 Å². The second-order valence-electron chi connectivity index (χ2n) is 7.38. The molecule has 3 rings (SSSR count). The average Bonchev–Trinajstić information content (AvgIpc) is 3.20. The van der Waals surface area contributed by atoms with E-state index < -0.39 is 0 Å². The van der Waals surface area contributed by atoms with E-state index in [1.54, 1.807) is 7.05 Å². The number of nitrogens with one attached hydrogen (secondary N) is 2. The number of nitrogens with zero attached hydrogens (tertiary/aromatic N) is 2. The van der Waals surface area contributed by atoms with Crippen molar-refractivity contribution in [3.05, 3.63) is 35.9 Å². The fourth-order valence-corrected chi connectivity index (χ4v) is 4.01. The van der Waals surface area contributed by atoms with Crippen molar-refractivity contribution in [2.75, 3.05) is 33.3 Å². The molecule has 1 amide bonds. The Hall–Kier alpha value is -2.08. The minimum Gasteiger partial charge on any atom is -0.373 e. The van der Waals surface area contributed by atoms with Crippen LogP contribution in [0.3, 0.4) is 0 Å². The van der Waals surface area contributed by atoms with E-state index in [9.17, 15) is 4.79 Å². The van der Waals surface area contributed by atoms with E-state index in [-0.39, 0.29) is 18.1 Å². The highest BCUT2D eigenvalue weighted by molar-refractivity contribution is 5.80. The first kappa shape index (κ1) is 19.7. The lowest BCUT2D eigenvalue weighted by atomic mass is 9.89. The van der Waals surface area contributed by atoms with Crippen molar-refractivity contribution in [1.82, 2.24) is 15.5 Å². The third kappa shape index (κ3) is 5.22. The van der Waals surface area contributed by atoms with Crippen molar-refractivity contribution in [2.24, 2.45) is 10.9 Å². The van der Waals surface area contributed by atoms with Gasteiger partial charge in [-0.3, -0.25) is 9.79 Å². The number of carbonyl (C=O) groups excluding carboxylic acids is 1. The van der Waals surface area contributed by atoms with Crippen LogP contribution in [-0.2, 0) is 9.53 Å². The molecule has 6 heteroatoms. The topological polar surface area (TPSA) is 66.0 Å². The molecule has 0 radical (unpaired) electrons. The van der Waals surface area contributed by atoms with Crippen molar-refractivity contribution in [3.63, 3.8) is 0 Å². The molecule has 0 bridgehead atoms. The number of rotatable bonds is 5. The Morgan fingerprint density at radius 2 is 2.11 bits per heavy atom. The van der Waals surface area contributed by atoms with Gasteiger partial charge in [0.05, 0.1) is 6.10 Å². The van der Waals surface area contributed by atoms with Crippen LogP contribution < -0.4 is 10.6 Å². The third-order valence-corrected chi connectivity index (χ3v) is 5.51. The van der Waals surface area contributed by atoms with Crippen molar-refractivity contribution < 1.29 is 9.53 Å². The van der Waals surface area contributed by atoms with Crippen molar-refractivity contribution in [3.8, 4) is 0 Å². The Bertz CT molecular complexity index is 634. The molecule has 2 N–H and O–H groups in total. The highest BCUT2D eigenvalue weighted by Crippen LogP contribution is 2.33. The molecule has 2 aliphatic heterocycles. The number of likely N-dealkylation sites (tertiary alicyclic amines) is 1. The Labute approximate surface area is 162 Å². The van der Waals surface area contributed by atoms with Crippen molar-refractivity contribution in [1.29, 1.82) is 0 Å². The zero-order valence-corrected chi connectivity index (χ0v) is 16.5. The Morgan fingerprint density at radius 1 is 1.30 bits per heavy atom. The van der Waals surface area contributed by atoms with Gasteiger partial charge in [-0.25, -0.2) is 0 Å². The van der Waals surface area contributed by atoms with Crippen LogP contribution in [0.15, 0.2) is 35.3 Å². The Kier molecular flexibility index (Phi) is 7.10. The Morgan fingerprint density at radius 3 is 2.85 bits per heavy atom. The lowest BCUT2D eigenvalue weighted by Gasteiger charge is -2.33. The molecular weight excluding hydrogens is 340 g/mol. The molecule has 1 aromatic rings. The maximum atomic E-state index is 11.9. The van der Waals surface area contributed by atoms with Gasteiger partial charge in [-0.15, -0.1) is 0 Å². The first-order valence-electron chi connectivity index (χ1n) is 10.1. The first-order chi connectivity index (χ1) is 13.2. The Balaban J connectivity index is 1.52. The lowest BCUT2D eigenvalue weighted by molar-refractivity contribution is -0.129. The molecule has 2 saturated heterocycles. The normalized spacial score (nSPS) is 26.1. The van der Waals surface area contributed by atoms with Crippen LogP contribution in [0, 0.1) is 5.92 Å². The molecule has 148 valence electrons. The fourth-order valence-electron chi connectivity index (χ4n) is 4.01. The molecular formula is C21H32N4O2. The summed E-state index contributed by atoms with van der Waals surface area (Å²) in [4.78, 5) is 18.2.